The van der Waals surface area contributed by atoms with Crippen LogP contribution in [0.3, 0.4) is 0 Å². The van der Waals surface area contributed by atoms with Crippen LogP contribution in [0.5, 0.6) is 5.75 Å². The molecule has 0 saturated carbocycles. The maximum absolute atomic E-state index is 11.9. The second kappa shape index (κ2) is 7.70. The van der Waals surface area contributed by atoms with E-state index in [0.717, 1.165) is 10.2 Å². The van der Waals surface area contributed by atoms with Gasteiger partial charge in [-0.25, -0.2) is 10.4 Å². The van der Waals surface area contributed by atoms with Crippen LogP contribution in [0.2, 0.25) is 0 Å². The van der Waals surface area contributed by atoms with E-state index in [-0.39, 0.29) is 18.0 Å². The van der Waals surface area contributed by atoms with Crippen molar-refractivity contribution in [1.82, 2.24) is 10.4 Å². The van der Waals surface area contributed by atoms with Crippen molar-refractivity contribution in [1.29, 1.82) is 0 Å². The molecule has 0 radical (unpaired) electrons. The molecular weight excluding hydrogens is 356 g/mol. The number of hydrogen-bond acceptors (Lipinski definition) is 7. The summed E-state index contributed by atoms with van der Waals surface area (Å²) >= 11 is 1.47. The summed E-state index contributed by atoms with van der Waals surface area (Å²) in [4.78, 5) is 26.7. The van der Waals surface area contributed by atoms with Crippen molar-refractivity contribution in [3.63, 3.8) is 0 Å². The molecule has 0 bridgehead atoms. The number of fused-ring (bicyclic) bond motifs is 1. The Labute approximate surface area is 152 Å². The molecule has 1 heterocycles. The Bertz CT molecular complexity index is 966. The highest BCUT2D eigenvalue weighted by molar-refractivity contribution is 7.20. The van der Waals surface area contributed by atoms with Gasteiger partial charge in [-0.1, -0.05) is 24.3 Å². The summed E-state index contributed by atoms with van der Waals surface area (Å²) in [7, 11) is 0. The number of amides is 1. The standard InChI is InChI=1S/C17H14N4O4S/c1-11(17-18-12-6-2-5-9-15(12)26-17)19-20-16(22)10-25-14-8-4-3-7-13(14)21(23)24/h2-9H,10H2,1H3,(H,20,22)/b19-11-. The van der Waals surface area contributed by atoms with Gasteiger partial charge in [-0.2, -0.15) is 5.10 Å². The Hall–Kier alpha value is -3.33. The molecule has 3 rings (SSSR count). The van der Waals surface area contributed by atoms with Crippen LogP contribution < -0.4 is 10.2 Å². The lowest BCUT2D eigenvalue weighted by Crippen LogP contribution is -2.25. The Morgan fingerprint density at radius 3 is 2.77 bits per heavy atom. The molecule has 0 aliphatic carbocycles. The SMILES string of the molecule is C/C(=N/NC(=O)COc1ccccc1[N+](=O)[O-])c1nc2ccccc2s1. The number of carbonyl (C=O) groups excluding carboxylic acids is 1. The highest BCUT2D eigenvalue weighted by Crippen LogP contribution is 2.25. The van der Waals surface area contributed by atoms with Crippen LogP contribution in [0.4, 0.5) is 5.69 Å². The van der Waals surface area contributed by atoms with E-state index >= 15 is 0 Å². The van der Waals surface area contributed by atoms with Gasteiger partial charge in [0.1, 0.15) is 5.01 Å². The van der Waals surface area contributed by atoms with E-state index in [2.05, 4.69) is 15.5 Å². The Kier molecular flexibility index (Phi) is 5.18. The third kappa shape index (κ3) is 4.01. The first-order chi connectivity index (χ1) is 12.5. The minimum atomic E-state index is -0.567. The first-order valence-electron chi connectivity index (χ1n) is 7.60. The van der Waals surface area contributed by atoms with Gasteiger partial charge in [0.25, 0.3) is 5.91 Å². The minimum absolute atomic E-state index is 0.0273. The Morgan fingerprint density at radius 1 is 1.27 bits per heavy atom. The van der Waals surface area contributed by atoms with Crippen molar-refractivity contribution in [2.24, 2.45) is 5.10 Å². The van der Waals surface area contributed by atoms with Gasteiger partial charge in [0, 0.05) is 6.07 Å². The number of ether oxygens (including phenoxy) is 1. The molecule has 0 fully saturated rings. The summed E-state index contributed by atoms with van der Waals surface area (Å²) < 4.78 is 6.24. The van der Waals surface area contributed by atoms with Gasteiger partial charge in [-0.05, 0) is 25.1 Å². The molecule has 1 amide bonds. The van der Waals surface area contributed by atoms with Crippen molar-refractivity contribution in [3.05, 3.63) is 63.7 Å². The van der Waals surface area contributed by atoms with Crippen molar-refractivity contribution in [2.75, 3.05) is 6.61 Å². The lowest BCUT2D eigenvalue weighted by molar-refractivity contribution is -0.385. The van der Waals surface area contributed by atoms with E-state index < -0.39 is 10.8 Å². The summed E-state index contributed by atoms with van der Waals surface area (Å²) in [6.07, 6.45) is 0. The predicted molar refractivity (Wildman–Crippen MR) is 98.6 cm³/mol. The molecule has 9 heteroatoms. The maximum atomic E-state index is 11.9. The molecule has 0 aliphatic rings. The van der Waals surface area contributed by atoms with E-state index in [1.165, 1.54) is 29.5 Å². The fourth-order valence-electron chi connectivity index (χ4n) is 2.13. The van der Waals surface area contributed by atoms with Crippen molar-refractivity contribution < 1.29 is 14.5 Å². The Morgan fingerprint density at radius 2 is 2.00 bits per heavy atom. The molecular formula is C17H14N4O4S. The zero-order valence-corrected chi connectivity index (χ0v) is 14.5. The number of hydrogen-bond donors (Lipinski definition) is 1. The van der Waals surface area contributed by atoms with Crippen LogP contribution in [0, 0.1) is 10.1 Å². The molecule has 0 unspecified atom stereocenters. The Balaban J connectivity index is 1.61. The number of carbonyl (C=O) groups is 1. The van der Waals surface area contributed by atoms with Crippen LogP contribution in [0.1, 0.15) is 11.9 Å². The number of thiazole rings is 1. The number of nitro groups is 1. The number of benzene rings is 2. The number of nitrogens with zero attached hydrogens (tertiary/aromatic N) is 3. The highest BCUT2D eigenvalue weighted by Gasteiger charge is 2.15. The predicted octanol–water partition coefficient (Wildman–Crippen LogP) is 3.12. The van der Waals surface area contributed by atoms with Gasteiger partial charge in [0.2, 0.25) is 0 Å². The van der Waals surface area contributed by atoms with Crippen LogP contribution in [0.15, 0.2) is 53.6 Å². The molecule has 0 atom stereocenters. The molecule has 132 valence electrons. The van der Waals surface area contributed by atoms with Gasteiger partial charge >= 0.3 is 5.69 Å². The van der Waals surface area contributed by atoms with Crippen molar-refractivity contribution >= 4 is 38.9 Å². The third-order valence-corrected chi connectivity index (χ3v) is 4.52. The number of nitrogens with one attached hydrogen (secondary N) is 1. The smallest absolute Gasteiger partial charge is 0.310 e. The largest absolute Gasteiger partial charge is 0.477 e. The highest BCUT2D eigenvalue weighted by atomic mass is 32.1. The molecule has 3 aromatic rings. The maximum Gasteiger partial charge on any atom is 0.310 e. The summed E-state index contributed by atoms with van der Waals surface area (Å²) in [5.74, 6) is -0.497. The molecule has 2 aromatic carbocycles. The molecule has 0 aliphatic heterocycles. The van der Waals surface area contributed by atoms with Crippen molar-refractivity contribution in [3.8, 4) is 5.75 Å². The summed E-state index contributed by atoms with van der Waals surface area (Å²) in [6.45, 7) is 1.35. The monoisotopic (exact) mass is 370 g/mol. The fourth-order valence-corrected chi connectivity index (χ4v) is 3.04. The summed E-state index contributed by atoms with van der Waals surface area (Å²) in [5, 5.41) is 15.6. The van der Waals surface area contributed by atoms with E-state index in [4.69, 9.17) is 4.74 Å². The molecule has 0 spiro atoms. The van der Waals surface area contributed by atoms with Crippen LogP contribution in [0.25, 0.3) is 10.2 Å². The fraction of sp³-hybridized carbons (Fsp3) is 0.118. The minimum Gasteiger partial charge on any atom is -0.477 e. The zero-order chi connectivity index (χ0) is 18.5. The molecule has 0 saturated heterocycles. The summed E-state index contributed by atoms with van der Waals surface area (Å²) in [5.41, 5.74) is 3.59. The third-order valence-electron chi connectivity index (χ3n) is 3.37. The lowest BCUT2D eigenvalue weighted by atomic mass is 10.3. The average Bonchev–Trinajstić information content (AvgIpc) is 3.09. The second-order valence-electron chi connectivity index (χ2n) is 5.23. The van der Waals surface area contributed by atoms with Gasteiger partial charge in [0.05, 0.1) is 20.9 Å². The number of rotatable bonds is 6. The van der Waals surface area contributed by atoms with Gasteiger partial charge in [-0.15, -0.1) is 11.3 Å². The molecule has 1 aromatic heterocycles. The van der Waals surface area contributed by atoms with E-state index in [1.807, 2.05) is 24.3 Å². The molecule has 1 N–H and O–H groups in total. The van der Waals surface area contributed by atoms with Gasteiger partial charge in [0.15, 0.2) is 12.4 Å². The van der Waals surface area contributed by atoms with E-state index in [1.54, 1.807) is 13.0 Å². The van der Waals surface area contributed by atoms with Crippen LogP contribution >= 0.6 is 11.3 Å². The number of aromatic nitrogens is 1. The van der Waals surface area contributed by atoms with E-state index in [9.17, 15) is 14.9 Å². The topological polar surface area (TPSA) is 107 Å². The van der Waals surface area contributed by atoms with Gasteiger partial charge in [-0.3, -0.25) is 14.9 Å². The number of nitro benzene ring substituents is 1. The lowest BCUT2D eigenvalue weighted by Gasteiger charge is -2.05. The van der Waals surface area contributed by atoms with Crippen molar-refractivity contribution in [2.45, 2.75) is 6.92 Å². The first kappa shape index (κ1) is 17.5. The van der Waals surface area contributed by atoms with Crippen LogP contribution in [-0.4, -0.2) is 28.1 Å². The first-order valence-corrected chi connectivity index (χ1v) is 8.41. The normalized spacial score (nSPS) is 11.3. The second-order valence-corrected chi connectivity index (χ2v) is 6.26. The number of hydrazone groups is 1. The zero-order valence-electron chi connectivity index (χ0n) is 13.7. The average molecular weight is 370 g/mol. The summed E-state index contributed by atoms with van der Waals surface area (Å²) in [6, 6.07) is 13.6. The van der Waals surface area contributed by atoms with E-state index in [0.29, 0.717) is 10.7 Å². The number of para-hydroxylation sites is 3. The molecule has 26 heavy (non-hydrogen) atoms. The van der Waals surface area contributed by atoms with Gasteiger partial charge < -0.3 is 4.74 Å². The molecule has 8 nitrogen and oxygen atoms in total. The van der Waals surface area contributed by atoms with Crippen LogP contribution in [-0.2, 0) is 4.79 Å². The quantitative estimate of drug-likeness (QED) is 0.407.